The fourth-order valence-electron chi connectivity index (χ4n) is 4.39. The van der Waals surface area contributed by atoms with Gasteiger partial charge in [0.05, 0.1) is 11.6 Å². The Balaban J connectivity index is 1.51. The van der Waals surface area contributed by atoms with E-state index in [0.29, 0.717) is 46.7 Å². The number of pyridine rings is 2. The van der Waals surface area contributed by atoms with Crippen LogP contribution in [0.3, 0.4) is 0 Å². The van der Waals surface area contributed by atoms with E-state index in [-0.39, 0.29) is 17.6 Å². The lowest BCUT2D eigenvalue weighted by atomic mass is 9.99. The molecule has 0 radical (unpaired) electrons. The Kier molecular flexibility index (Phi) is 8.44. The number of benzene rings is 1. The molecule has 3 aromatic rings. The number of amides is 2. The number of hydrogen-bond donors (Lipinski definition) is 1. The second-order valence-electron chi connectivity index (χ2n) is 9.76. The van der Waals surface area contributed by atoms with Crippen LogP contribution in [0.2, 0.25) is 5.02 Å². The lowest BCUT2D eigenvalue weighted by Crippen LogP contribution is -2.37. The van der Waals surface area contributed by atoms with Crippen molar-refractivity contribution in [3.63, 3.8) is 0 Å². The highest BCUT2D eigenvalue weighted by atomic mass is 35.5. The molecular formula is C28H29ClF3N5O2. The van der Waals surface area contributed by atoms with Gasteiger partial charge in [-0.25, -0.2) is 9.97 Å². The monoisotopic (exact) mass is 559 g/mol. The zero-order chi connectivity index (χ0) is 28.3. The molecule has 1 aromatic carbocycles. The molecule has 1 aliphatic rings. The van der Waals surface area contributed by atoms with Crippen LogP contribution >= 0.6 is 11.6 Å². The highest BCUT2D eigenvalue weighted by Crippen LogP contribution is 2.36. The minimum atomic E-state index is -4.59. The van der Waals surface area contributed by atoms with E-state index in [9.17, 15) is 22.8 Å². The molecule has 0 bridgehead atoms. The number of anilines is 3. The minimum Gasteiger partial charge on any atom is -0.355 e. The van der Waals surface area contributed by atoms with Crippen LogP contribution in [0.4, 0.5) is 30.5 Å². The van der Waals surface area contributed by atoms with Crippen molar-refractivity contribution in [2.75, 3.05) is 35.3 Å². The van der Waals surface area contributed by atoms with Crippen LogP contribution in [-0.2, 0) is 11.0 Å². The van der Waals surface area contributed by atoms with Crippen LogP contribution in [-0.4, -0.2) is 41.9 Å². The van der Waals surface area contributed by atoms with Crippen LogP contribution in [0.1, 0.15) is 54.2 Å². The molecule has 4 rings (SSSR count). The van der Waals surface area contributed by atoms with E-state index in [1.807, 2.05) is 4.90 Å². The summed E-state index contributed by atoms with van der Waals surface area (Å²) in [6, 6.07) is 11.9. The molecule has 0 aliphatic carbocycles. The van der Waals surface area contributed by atoms with Crippen LogP contribution < -0.4 is 15.1 Å². The summed E-state index contributed by atoms with van der Waals surface area (Å²) >= 11 is 5.86. The van der Waals surface area contributed by atoms with E-state index < -0.39 is 17.8 Å². The summed E-state index contributed by atoms with van der Waals surface area (Å²) < 4.78 is 40.4. The summed E-state index contributed by atoms with van der Waals surface area (Å²) in [7, 11) is 1.54. The van der Waals surface area contributed by atoms with Crippen molar-refractivity contribution in [3.8, 4) is 0 Å². The van der Waals surface area contributed by atoms with E-state index in [0.717, 1.165) is 18.9 Å². The number of likely N-dealkylation sites (N-methyl/N-ethyl adjacent to an activating group) is 1. The Labute approximate surface area is 230 Å². The van der Waals surface area contributed by atoms with Gasteiger partial charge in [-0.15, -0.1) is 0 Å². The summed E-state index contributed by atoms with van der Waals surface area (Å²) in [4.78, 5) is 37.2. The van der Waals surface area contributed by atoms with Crippen LogP contribution in [0.25, 0.3) is 0 Å². The van der Waals surface area contributed by atoms with Gasteiger partial charge in [0.15, 0.2) is 5.82 Å². The number of rotatable bonds is 6. The number of halogens is 4. The molecule has 1 saturated heterocycles. The number of piperidine rings is 1. The largest absolute Gasteiger partial charge is 0.433 e. The molecule has 2 aromatic heterocycles. The van der Waals surface area contributed by atoms with Gasteiger partial charge < -0.3 is 15.1 Å². The maximum Gasteiger partial charge on any atom is 0.433 e. The Morgan fingerprint density at radius 1 is 1.08 bits per heavy atom. The number of carbonyl (C=O) groups excluding carboxylic acids is 2. The quantitative estimate of drug-likeness (QED) is 0.378. The first kappa shape index (κ1) is 28.4. The zero-order valence-electron chi connectivity index (χ0n) is 21.8. The lowest BCUT2D eigenvalue weighted by Gasteiger charge is -2.34. The average Bonchev–Trinajstić information content (AvgIpc) is 2.92. The summed E-state index contributed by atoms with van der Waals surface area (Å²) in [5.41, 5.74) is 0.326. The molecule has 1 fully saturated rings. The fraction of sp³-hybridized carbons (Fsp3) is 0.357. The zero-order valence-corrected chi connectivity index (χ0v) is 22.6. The number of alkyl halides is 3. The van der Waals surface area contributed by atoms with Gasteiger partial charge in [-0.1, -0.05) is 24.6 Å². The van der Waals surface area contributed by atoms with Gasteiger partial charge in [0.2, 0.25) is 5.91 Å². The predicted molar refractivity (Wildman–Crippen MR) is 145 cm³/mol. The molecule has 0 saturated carbocycles. The van der Waals surface area contributed by atoms with Crippen molar-refractivity contribution in [3.05, 3.63) is 76.6 Å². The molecule has 2 amide bonds. The van der Waals surface area contributed by atoms with Crippen LogP contribution in [0.5, 0.6) is 0 Å². The molecule has 11 heteroatoms. The third kappa shape index (κ3) is 6.68. The summed E-state index contributed by atoms with van der Waals surface area (Å²) in [6.45, 7) is 4.93. The first-order valence-corrected chi connectivity index (χ1v) is 13.0. The van der Waals surface area contributed by atoms with Gasteiger partial charge in [0.25, 0.3) is 5.91 Å². The van der Waals surface area contributed by atoms with Crippen molar-refractivity contribution in [2.45, 2.75) is 38.8 Å². The van der Waals surface area contributed by atoms with E-state index in [4.69, 9.17) is 11.6 Å². The molecule has 7 nitrogen and oxygen atoms in total. The number of nitrogens with zero attached hydrogens (tertiary/aromatic N) is 4. The van der Waals surface area contributed by atoms with Crippen molar-refractivity contribution in [2.24, 2.45) is 5.92 Å². The number of hydrogen-bond acceptors (Lipinski definition) is 5. The van der Waals surface area contributed by atoms with Gasteiger partial charge in [-0.2, -0.15) is 13.2 Å². The second kappa shape index (κ2) is 11.6. The SMILES string of the molecule is CC1CCN(c2nc(C(F)(F)F)ccc2N(C)C(=O)C(C)c2ccc(NC(=O)c3ccc(Cl)cc3)nc2)CC1. The summed E-state index contributed by atoms with van der Waals surface area (Å²) in [5.74, 6) is -0.409. The highest BCUT2D eigenvalue weighted by Gasteiger charge is 2.35. The van der Waals surface area contributed by atoms with E-state index >= 15 is 0 Å². The first-order valence-electron chi connectivity index (χ1n) is 12.6. The Hall–Kier alpha value is -3.66. The first-order chi connectivity index (χ1) is 18.4. The third-order valence-electron chi connectivity index (χ3n) is 6.92. The average molecular weight is 560 g/mol. The van der Waals surface area contributed by atoms with Gasteiger partial charge in [0, 0.05) is 36.9 Å². The predicted octanol–water partition coefficient (Wildman–Crippen LogP) is 6.40. The van der Waals surface area contributed by atoms with E-state index in [1.165, 1.54) is 24.2 Å². The maximum atomic E-state index is 13.5. The number of aromatic nitrogens is 2. The van der Waals surface area contributed by atoms with Crippen LogP contribution in [0, 0.1) is 5.92 Å². The maximum absolute atomic E-state index is 13.5. The lowest BCUT2D eigenvalue weighted by molar-refractivity contribution is -0.141. The van der Waals surface area contributed by atoms with Gasteiger partial charge in [0.1, 0.15) is 11.5 Å². The molecule has 1 N–H and O–H groups in total. The van der Waals surface area contributed by atoms with E-state index in [2.05, 4.69) is 22.2 Å². The molecule has 206 valence electrons. The Bertz CT molecular complexity index is 1320. The van der Waals surface area contributed by atoms with Crippen molar-refractivity contribution in [1.29, 1.82) is 0 Å². The molecule has 39 heavy (non-hydrogen) atoms. The minimum absolute atomic E-state index is 0.151. The third-order valence-corrected chi connectivity index (χ3v) is 7.18. The summed E-state index contributed by atoms with van der Waals surface area (Å²) in [5, 5.41) is 3.21. The standard InChI is InChI=1S/C28H29ClF3N5O2/c1-17-12-14-37(15-13-17)25-22(9-10-23(34-25)28(30,31)32)36(3)27(39)18(2)20-6-11-24(33-16-20)35-26(38)19-4-7-21(29)8-5-19/h4-11,16-18H,12-15H2,1-3H3,(H,33,35,38). The molecule has 0 spiro atoms. The van der Waals surface area contributed by atoms with Gasteiger partial charge in [-0.05, 0) is 73.7 Å². The van der Waals surface area contributed by atoms with Gasteiger partial charge >= 0.3 is 6.18 Å². The van der Waals surface area contributed by atoms with Crippen molar-refractivity contribution >= 4 is 40.7 Å². The number of nitrogens with one attached hydrogen (secondary N) is 1. The molecule has 1 aliphatic heterocycles. The van der Waals surface area contributed by atoms with Crippen molar-refractivity contribution in [1.82, 2.24) is 9.97 Å². The molecule has 3 heterocycles. The van der Waals surface area contributed by atoms with Gasteiger partial charge in [-0.3, -0.25) is 9.59 Å². The molecule has 1 atom stereocenters. The summed E-state index contributed by atoms with van der Waals surface area (Å²) in [6.07, 6.45) is -1.44. The normalized spacial score (nSPS) is 15.1. The van der Waals surface area contributed by atoms with Crippen LogP contribution in [0.15, 0.2) is 54.7 Å². The Morgan fingerprint density at radius 2 is 1.74 bits per heavy atom. The number of carbonyl (C=O) groups is 2. The second-order valence-corrected chi connectivity index (χ2v) is 10.2. The topological polar surface area (TPSA) is 78.4 Å². The highest BCUT2D eigenvalue weighted by molar-refractivity contribution is 6.30. The smallest absolute Gasteiger partial charge is 0.355 e. The van der Waals surface area contributed by atoms with Crippen molar-refractivity contribution < 1.29 is 22.8 Å². The van der Waals surface area contributed by atoms with E-state index in [1.54, 1.807) is 43.3 Å². The Morgan fingerprint density at radius 3 is 2.33 bits per heavy atom. The molecular weight excluding hydrogens is 531 g/mol. The molecule has 1 unspecified atom stereocenters. The fourth-order valence-corrected chi connectivity index (χ4v) is 4.52.